The van der Waals surface area contributed by atoms with Crippen LogP contribution in [-0.4, -0.2) is 50.3 Å². The number of rotatable bonds is 2. The Labute approximate surface area is 167 Å². The Morgan fingerprint density at radius 2 is 1.76 bits per heavy atom. The van der Waals surface area contributed by atoms with E-state index in [0.29, 0.717) is 35.5 Å². The molecule has 10 nitrogen and oxygen atoms in total. The molecule has 1 aliphatic rings. The van der Waals surface area contributed by atoms with Crippen molar-refractivity contribution in [3.63, 3.8) is 0 Å². The molecule has 0 unspecified atom stereocenters. The maximum Gasteiger partial charge on any atom is 0.410 e. The number of ether oxygens (including phenoxy) is 1. The minimum absolute atomic E-state index is 0.120. The number of piperazine rings is 1. The third-order valence-corrected chi connectivity index (χ3v) is 4.86. The molecule has 1 amide bonds. The van der Waals surface area contributed by atoms with Gasteiger partial charge in [-0.3, -0.25) is 19.2 Å². The maximum atomic E-state index is 12.3. The van der Waals surface area contributed by atoms with Crippen LogP contribution in [0.15, 0.2) is 29.2 Å². The van der Waals surface area contributed by atoms with Gasteiger partial charge in [-0.05, 0) is 26.8 Å². The van der Waals surface area contributed by atoms with Crippen LogP contribution in [0, 0.1) is 10.1 Å². The first-order valence-electron chi connectivity index (χ1n) is 9.18. The molecule has 0 radical (unpaired) electrons. The number of fused-ring (bicyclic) bond motifs is 1. The van der Waals surface area contributed by atoms with Gasteiger partial charge in [-0.1, -0.05) is 6.58 Å². The highest BCUT2D eigenvalue weighted by Gasteiger charge is 2.31. The van der Waals surface area contributed by atoms with Crippen molar-refractivity contribution < 1.29 is 14.5 Å². The smallest absolute Gasteiger partial charge is 0.410 e. The third-order valence-electron chi connectivity index (χ3n) is 4.86. The lowest BCUT2D eigenvalue weighted by atomic mass is 10.1. The van der Waals surface area contributed by atoms with Gasteiger partial charge in [0.05, 0.1) is 22.5 Å². The normalized spacial score (nSPS) is 15.1. The Bertz CT molecular complexity index is 1080. The lowest BCUT2D eigenvalue weighted by Gasteiger charge is -2.37. The summed E-state index contributed by atoms with van der Waals surface area (Å²) in [6.45, 7) is 10.2. The van der Waals surface area contributed by atoms with E-state index in [1.165, 1.54) is 20.1 Å². The van der Waals surface area contributed by atoms with Gasteiger partial charge in [-0.15, -0.1) is 0 Å². The van der Waals surface area contributed by atoms with E-state index in [9.17, 15) is 19.7 Å². The summed E-state index contributed by atoms with van der Waals surface area (Å²) in [7, 11) is 3.20. The number of benzene rings is 1. The van der Waals surface area contributed by atoms with E-state index in [1.54, 1.807) is 45.8 Å². The summed E-state index contributed by atoms with van der Waals surface area (Å²) in [5, 5.41) is 11.7. The van der Waals surface area contributed by atoms with Crippen molar-refractivity contribution in [1.29, 1.82) is 0 Å². The number of aromatic nitrogens is 2. The number of hydrogen-bond acceptors (Lipinski definition) is 6. The Kier molecular flexibility index (Phi) is 4.89. The van der Waals surface area contributed by atoms with Crippen LogP contribution in [0.5, 0.6) is 0 Å². The van der Waals surface area contributed by atoms with Crippen LogP contribution in [0.1, 0.15) is 20.8 Å². The topological polar surface area (TPSA) is 103 Å². The van der Waals surface area contributed by atoms with Crippen molar-refractivity contribution in [3.05, 3.63) is 45.0 Å². The minimum atomic E-state index is -0.614. The van der Waals surface area contributed by atoms with Gasteiger partial charge in [0.1, 0.15) is 11.3 Å². The Hall–Kier alpha value is -3.30. The van der Waals surface area contributed by atoms with Crippen molar-refractivity contribution in [3.8, 4) is 0 Å². The molecule has 1 fully saturated rings. The molecule has 1 aromatic carbocycles. The van der Waals surface area contributed by atoms with E-state index in [4.69, 9.17) is 4.74 Å². The zero-order valence-corrected chi connectivity index (χ0v) is 17.3. The second-order valence-electron chi connectivity index (χ2n) is 8.11. The number of aryl methyl sites for hydroxylation is 2. The van der Waals surface area contributed by atoms with Crippen LogP contribution in [0.4, 0.5) is 16.2 Å². The molecule has 156 valence electrons. The van der Waals surface area contributed by atoms with Crippen LogP contribution in [0.3, 0.4) is 0 Å². The van der Waals surface area contributed by atoms with Gasteiger partial charge >= 0.3 is 11.8 Å². The van der Waals surface area contributed by atoms with Gasteiger partial charge in [0, 0.05) is 38.9 Å². The van der Waals surface area contributed by atoms with Crippen LogP contribution in [-0.2, 0) is 18.8 Å². The molecule has 29 heavy (non-hydrogen) atoms. The molecular weight excluding hydrogens is 378 g/mol. The average molecular weight is 403 g/mol. The predicted octanol–water partition coefficient (Wildman–Crippen LogP) is 2.36. The number of carbonyl (C=O) groups excluding carboxylic acids is 1. The number of nitro groups is 1. The SMILES string of the molecule is C=C1CN(C(=O)OC(C)(C)C)CCN1c1cc2c(cc1[N+](=O)[O-])n(C)c(=O)n2C. The summed E-state index contributed by atoms with van der Waals surface area (Å²) >= 11 is 0. The Morgan fingerprint density at radius 1 is 1.17 bits per heavy atom. The molecule has 1 aromatic heterocycles. The second kappa shape index (κ2) is 6.94. The van der Waals surface area contributed by atoms with Gasteiger partial charge in [0.2, 0.25) is 0 Å². The molecule has 2 aromatic rings. The number of imidazole rings is 1. The summed E-state index contributed by atoms with van der Waals surface area (Å²) in [4.78, 5) is 39.0. The summed E-state index contributed by atoms with van der Waals surface area (Å²) in [6, 6.07) is 3.03. The molecule has 0 saturated carbocycles. The molecule has 0 N–H and O–H groups in total. The molecule has 1 aliphatic heterocycles. The monoisotopic (exact) mass is 403 g/mol. The van der Waals surface area contributed by atoms with Crippen molar-refractivity contribution in [2.75, 3.05) is 24.5 Å². The molecule has 0 atom stereocenters. The number of hydrogen-bond donors (Lipinski definition) is 0. The molecule has 0 spiro atoms. The standard InChI is InChI=1S/C19H25N5O5/c1-12-11-22(18(26)29-19(2,3)4)7-8-23(12)15-9-13-14(10-16(15)24(27)28)21(6)17(25)20(13)5/h9-10H,1,7-8,11H2,2-6H3. The van der Waals surface area contributed by atoms with Crippen LogP contribution in [0.2, 0.25) is 0 Å². The van der Waals surface area contributed by atoms with E-state index < -0.39 is 16.6 Å². The first-order valence-corrected chi connectivity index (χ1v) is 9.18. The van der Waals surface area contributed by atoms with Gasteiger partial charge in [-0.25, -0.2) is 9.59 Å². The van der Waals surface area contributed by atoms with Crippen molar-refractivity contribution in [1.82, 2.24) is 14.0 Å². The number of amides is 1. The molecule has 2 heterocycles. The van der Waals surface area contributed by atoms with E-state index >= 15 is 0 Å². The number of anilines is 1. The molecule has 0 bridgehead atoms. The van der Waals surface area contributed by atoms with Crippen LogP contribution >= 0.6 is 0 Å². The van der Waals surface area contributed by atoms with Gasteiger partial charge in [-0.2, -0.15) is 0 Å². The third kappa shape index (κ3) is 3.69. The highest BCUT2D eigenvalue weighted by Crippen LogP contribution is 2.35. The maximum absolute atomic E-state index is 12.3. The molecule has 1 saturated heterocycles. The first kappa shape index (κ1) is 20.4. The van der Waals surface area contributed by atoms with Crippen molar-refractivity contribution >= 4 is 28.5 Å². The molecule has 10 heteroatoms. The largest absolute Gasteiger partial charge is 0.444 e. The highest BCUT2D eigenvalue weighted by atomic mass is 16.6. The van der Waals surface area contributed by atoms with E-state index in [0.717, 1.165) is 0 Å². The zero-order chi connectivity index (χ0) is 21.7. The van der Waals surface area contributed by atoms with E-state index in [1.807, 2.05) is 0 Å². The highest BCUT2D eigenvalue weighted by molar-refractivity contribution is 5.87. The molecule has 3 rings (SSSR count). The van der Waals surface area contributed by atoms with Crippen molar-refractivity contribution in [2.45, 2.75) is 26.4 Å². The molecular formula is C19H25N5O5. The number of carbonyl (C=O) groups is 1. The summed E-state index contributed by atoms with van der Waals surface area (Å²) < 4.78 is 8.22. The predicted molar refractivity (Wildman–Crippen MR) is 109 cm³/mol. The van der Waals surface area contributed by atoms with E-state index in [-0.39, 0.29) is 17.9 Å². The lowest BCUT2D eigenvalue weighted by Crippen LogP contribution is -2.48. The quantitative estimate of drug-likeness (QED) is 0.563. The van der Waals surface area contributed by atoms with Crippen LogP contribution < -0.4 is 10.6 Å². The van der Waals surface area contributed by atoms with E-state index in [2.05, 4.69) is 6.58 Å². The van der Waals surface area contributed by atoms with Gasteiger partial charge < -0.3 is 14.5 Å². The fraction of sp³-hybridized carbons (Fsp3) is 0.474. The Morgan fingerprint density at radius 3 is 2.28 bits per heavy atom. The average Bonchev–Trinajstić information content (AvgIpc) is 2.83. The minimum Gasteiger partial charge on any atom is -0.444 e. The second-order valence-corrected chi connectivity index (χ2v) is 8.11. The van der Waals surface area contributed by atoms with Crippen LogP contribution in [0.25, 0.3) is 11.0 Å². The fourth-order valence-electron chi connectivity index (χ4n) is 3.42. The molecule has 0 aliphatic carbocycles. The Balaban J connectivity index is 1.97. The van der Waals surface area contributed by atoms with Gasteiger partial charge in [0.15, 0.2) is 0 Å². The lowest BCUT2D eigenvalue weighted by molar-refractivity contribution is -0.384. The summed E-state index contributed by atoms with van der Waals surface area (Å²) in [5.74, 6) is 0. The fourth-order valence-corrected chi connectivity index (χ4v) is 3.42. The summed E-state index contributed by atoms with van der Waals surface area (Å²) in [6.07, 6.45) is -0.450. The number of nitro benzene ring substituents is 1. The first-order chi connectivity index (χ1) is 13.4. The van der Waals surface area contributed by atoms with Crippen molar-refractivity contribution in [2.24, 2.45) is 14.1 Å². The summed E-state index contributed by atoms with van der Waals surface area (Å²) in [5.41, 5.74) is 0.942. The van der Waals surface area contributed by atoms with Gasteiger partial charge in [0.25, 0.3) is 5.69 Å². The number of nitrogens with zero attached hydrogens (tertiary/aromatic N) is 5. The zero-order valence-electron chi connectivity index (χ0n) is 17.3.